The van der Waals surface area contributed by atoms with Gasteiger partial charge in [0.1, 0.15) is 0 Å². The Morgan fingerprint density at radius 3 is 2.43 bits per heavy atom. The molecule has 118 valence electrons. The Morgan fingerprint density at radius 1 is 1.24 bits per heavy atom. The van der Waals surface area contributed by atoms with Crippen molar-refractivity contribution in [1.82, 2.24) is 9.62 Å². The van der Waals surface area contributed by atoms with Crippen molar-refractivity contribution in [2.24, 2.45) is 5.92 Å². The lowest BCUT2D eigenvalue weighted by molar-refractivity contribution is 0.263. The lowest BCUT2D eigenvalue weighted by atomic mass is 9.86. The van der Waals surface area contributed by atoms with E-state index in [4.69, 9.17) is 0 Å². The Morgan fingerprint density at radius 2 is 1.90 bits per heavy atom. The van der Waals surface area contributed by atoms with Crippen molar-refractivity contribution in [2.75, 3.05) is 20.6 Å². The van der Waals surface area contributed by atoms with Crippen LogP contribution in [0.25, 0.3) is 0 Å². The van der Waals surface area contributed by atoms with Gasteiger partial charge in [0.25, 0.3) is 0 Å². The average Bonchev–Trinajstić information content (AvgIpc) is 2.36. The van der Waals surface area contributed by atoms with Crippen LogP contribution >= 0.6 is 0 Å². The number of aryl methyl sites for hydroxylation is 2. The van der Waals surface area contributed by atoms with Crippen molar-refractivity contribution in [3.05, 3.63) is 28.8 Å². The Balaban J connectivity index is 2.31. The van der Waals surface area contributed by atoms with E-state index in [1.165, 1.54) is 10.7 Å². The molecule has 2 rings (SSSR count). The van der Waals surface area contributed by atoms with Crippen LogP contribution in [-0.2, 0) is 16.6 Å². The van der Waals surface area contributed by atoms with E-state index in [9.17, 15) is 8.42 Å². The van der Waals surface area contributed by atoms with Crippen LogP contribution < -0.4 is 5.32 Å². The minimum absolute atomic E-state index is 0.445. The van der Waals surface area contributed by atoms with Gasteiger partial charge in [-0.25, -0.2) is 12.7 Å². The molecule has 0 aliphatic heterocycles. The zero-order chi connectivity index (χ0) is 15.6. The monoisotopic (exact) mass is 310 g/mol. The van der Waals surface area contributed by atoms with E-state index < -0.39 is 10.0 Å². The molecule has 0 radical (unpaired) electrons. The average molecular weight is 310 g/mol. The molecule has 1 aromatic rings. The van der Waals surface area contributed by atoms with Crippen molar-refractivity contribution in [1.29, 1.82) is 0 Å². The summed E-state index contributed by atoms with van der Waals surface area (Å²) in [5, 5.41) is 3.09. The van der Waals surface area contributed by atoms with E-state index in [-0.39, 0.29) is 0 Å². The Labute approximate surface area is 128 Å². The van der Waals surface area contributed by atoms with Crippen LogP contribution in [0.3, 0.4) is 0 Å². The molecular weight excluding hydrogens is 284 g/mol. The Hall–Kier alpha value is -0.910. The lowest BCUT2D eigenvalue weighted by Gasteiger charge is -2.30. The van der Waals surface area contributed by atoms with Gasteiger partial charge in [-0.3, -0.25) is 0 Å². The van der Waals surface area contributed by atoms with E-state index in [0.29, 0.717) is 23.9 Å². The molecule has 4 nitrogen and oxygen atoms in total. The summed E-state index contributed by atoms with van der Waals surface area (Å²) in [7, 11) is 0.177. The summed E-state index contributed by atoms with van der Waals surface area (Å²) < 4.78 is 27.1. The predicted molar refractivity (Wildman–Crippen MR) is 85.8 cm³/mol. The van der Waals surface area contributed by atoms with Gasteiger partial charge in [0.05, 0.1) is 4.90 Å². The molecule has 1 aliphatic rings. The molecule has 1 saturated carbocycles. The molecule has 0 aromatic heterocycles. The second-order valence-corrected chi connectivity index (χ2v) is 8.17. The second-order valence-electron chi connectivity index (χ2n) is 6.16. The summed E-state index contributed by atoms with van der Waals surface area (Å²) >= 11 is 0. The van der Waals surface area contributed by atoms with Crippen molar-refractivity contribution in [3.8, 4) is 0 Å². The summed E-state index contributed by atoms with van der Waals surface area (Å²) in [5.74, 6) is 0.535. The highest BCUT2D eigenvalue weighted by Crippen LogP contribution is 2.29. The van der Waals surface area contributed by atoms with Gasteiger partial charge in [0, 0.05) is 20.1 Å². The summed E-state index contributed by atoms with van der Waals surface area (Å²) in [5.41, 5.74) is 2.99. The fraction of sp³-hybridized carbons (Fsp3) is 0.625. The quantitative estimate of drug-likeness (QED) is 0.878. The van der Waals surface area contributed by atoms with Crippen molar-refractivity contribution < 1.29 is 8.42 Å². The number of hydrogen-bond donors (Lipinski definition) is 1. The molecule has 1 aliphatic carbocycles. The first-order chi connectivity index (χ1) is 9.86. The van der Waals surface area contributed by atoms with E-state index in [1.807, 2.05) is 33.0 Å². The molecule has 0 bridgehead atoms. The maximum absolute atomic E-state index is 12.8. The van der Waals surface area contributed by atoms with Gasteiger partial charge in [0.15, 0.2) is 0 Å². The fourth-order valence-corrected chi connectivity index (χ4v) is 4.34. The first-order valence-corrected chi connectivity index (χ1v) is 9.01. The number of rotatable bonds is 6. The molecule has 1 aromatic carbocycles. The van der Waals surface area contributed by atoms with Crippen LogP contribution in [0.2, 0.25) is 0 Å². The zero-order valence-electron chi connectivity index (χ0n) is 13.4. The number of nitrogens with zero attached hydrogens (tertiary/aromatic N) is 1. The highest BCUT2D eigenvalue weighted by Gasteiger charge is 2.28. The van der Waals surface area contributed by atoms with Crippen LogP contribution in [0.5, 0.6) is 0 Å². The predicted octanol–water partition coefficient (Wildman–Crippen LogP) is 2.44. The third-order valence-corrected chi connectivity index (χ3v) is 6.39. The minimum atomic E-state index is -3.39. The summed E-state index contributed by atoms with van der Waals surface area (Å²) in [6.45, 7) is 5.21. The second kappa shape index (κ2) is 6.46. The Bertz CT molecular complexity index is 607. The summed E-state index contributed by atoms with van der Waals surface area (Å²) in [6.07, 6.45) is 3.53. The molecule has 0 heterocycles. The van der Waals surface area contributed by atoms with E-state index in [0.717, 1.165) is 29.5 Å². The van der Waals surface area contributed by atoms with E-state index >= 15 is 0 Å². The topological polar surface area (TPSA) is 49.4 Å². The van der Waals surface area contributed by atoms with Crippen molar-refractivity contribution in [3.63, 3.8) is 0 Å². The van der Waals surface area contributed by atoms with Gasteiger partial charge in [-0.15, -0.1) is 0 Å². The number of nitrogens with one attached hydrogen (secondary N) is 1. The van der Waals surface area contributed by atoms with Gasteiger partial charge in [-0.2, -0.15) is 0 Å². The zero-order valence-corrected chi connectivity index (χ0v) is 14.3. The van der Waals surface area contributed by atoms with Gasteiger partial charge < -0.3 is 5.32 Å². The van der Waals surface area contributed by atoms with Crippen LogP contribution in [0, 0.1) is 19.8 Å². The SMILES string of the molecule is CNCc1cc(S(=O)(=O)N(C)CC2CCC2)c(C)cc1C. The van der Waals surface area contributed by atoms with Crippen LogP contribution in [0.4, 0.5) is 0 Å². The molecule has 21 heavy (non-hydrogen) atoms. The molecule has 5 heteroatoms. The van der Waals surface area contributed by atoms with Crippen molar-refractivity contribution >= 4 is 10.0 Å². The highest BCUT2D eigenvalue weighted by atomic mass is 32.2. The van der Waals surface area contributed by atoms with E-state index in [2.05, 4.69) is 5.32 Å². The molecule has 1 fully saturated rings. The van der Waals surface area contributed by atoms with Gasteiger partial charge >= 0.3 is 0 Å². The molecule has 0 unspecified atom stereocenters. The third kappa shape index (κ3) is 3.47. The lowest BCUT2D eigenvalue weighted by Crippen LogP contribution is -2.34. The molecule has 0 amide bonds. The normalized spacial score (nSPS) is 16.2. The van der Waals surface area contributed by atoms with Gasteiger partial charge in [-0.1, -0.05) is 12.5 Å². The van der Waals surface area contributed by atoms with Gasteiger partial charge in [-0.05, 0) is 62.4 Å². The van der Waals surface area contributed by atoms with E-state index in [1.54, 1.807) is 7.05 Å². The molecule has 0 atom stereocenters. The molecule has 0 saturated heterocycles. The smallest absolute Gasteiger partial charge is 0.243 e. The first-order valence-electron chi connectivity index (χ1n) is 7.57. The van der Waals surface area contributed by atoms with Crippen molar-refractivity contribution in [2.45, 2.75) is 44.6 Å². The summed E-state index contributed by atoms with van der Waals surface area (Å²) in [6, 6.07) is 3.80. The number of sulfonamides is 1. The molecular formula is C16H26N2O2S. The fourth-order valence-electron chi connectivity index (χ4n) is 2.84. The standard InChI is InChI=1S/C16H26N2O2S/c1-12-8-13(2)16(9-15(12)10-17-3)21(19,20)18(4)11-14-6-5-7-14/h8-9,14,17H,5-7,10-11H2,1-4H3. The Kier molecular flexibility index (Phi) is 5.07. The maximum Gasteiger partial charge on any atom is 0.243 e. The van der Waals surface area contributed by atoms with Crippen LogP contribution in [-0.4, -0.2) is 33.4 Å². The summed E-state index contributed by atoms with van der Waals surface area (Å²) in [4.78, 5) is 0.445. The number of benzene rings is 1. The molecule has 1 N–H and O–H groups in total. The highest BCUT2D eigenvalue weighted by molar-refractivity contribution is 7.89. The largest absolute Gasteiger partial charge is 0.316 e. The van der Waals surface area contributed by atoms with Crippen LogP contribution in [0.15, 0.2) is 17.0 Å². The maximum atomic E-state index is 12.8. The number of hydrogen-bond acceptors (Lipinski definition) is 3. The van der Waals surface area contributed by atoms with Crippen LogP contribution in [0.1, 0.15) is 36.0 Å². The minimum Gasteiger partial charge on any atom is -0.316 e. The first kappa shape index (κ1) is 16.5. The van der Waals surface area contributed by atoms with Gasteiger partial charge in [0.2, 0.25) is 10.0 Å². The molecule has 0 spiro atoms. The third-order valence-electron chi connectivity index (χ3n) is 4.43.